The first kappa shape index (κ1) is 19.9. The predicted octanol–water partition coefficient (Wildman–Crippen LogP) is 6.09. The number of rotatable bonds is 3. The molecule has 0 atom stereocenters. The summed E-state index contributed by atoms with van der Waals surface area (Å²) in [6.07, 6.45) is -11.0. The van der Waals surface area contributed by atoms with Gasteiger partial charge in [0.2, 0.25) is 11.8 Å². The highest BCUT2D eigenvalue weighted by molar-refractivity contribution is 5.58. The Morgan fingerprint density at radius 2 is 1.07 bits per heavy atom. The van der Waals surface area contributed by atoms with E-state index in [0.29, 0.717) is 5.56 Å². The van der Waals surface area contributed by atoms with E-state index in [-0.39, 0.29) is 24.3 Å². The molecule has 0 unspecified atom stereocenters. The predicted molar refractivity (Wildman–Crippen MR) is 89.4 cm³/mol. The summed E-state index contributed by atoms with van der Waals surface area (Å²) < 4.78 is 84.5. The Bertz CT molecular complexity index is 942. The van der Waals surface area contributed by atoms with Crippen LogP contribution in [0.3, 0.4) is 0 Å². The maximum atomic E-state index is 13.2. The van der Waals surface area contributed by atoms with Gasteiger partial charge in [-0.25, -0.2) is 0 Å². The monoisotopic (exact) mass is 400 g/mol. The van der Waals surface area contributed by atoms with Gasteiger partial charge in [0.05, 0.1) is 0 Å². The van der Waals surface area contributed by atoms with E-state index in [1.165, 1.54) is 0 Å². The summed E-state index contributed by atoms with van der Waals surface area (Å²) >= 11 is 0. The lowest BCUT2D eigenvalue weighted by atomic mass is 9.80. The van der Waals surface area contributed by atoms with Crippen LogP contribution in [0, 0.1) is 6.92 Å². The minimum absolute atomic E-state index is 0.0113. The van der Waals surface area contributed by atoms with Crippen LogP contribution in [0.15, 0.2) is 52.9 Å². The molecule has 3 nitrogen and oxygen atoms in total. The van der Waals surface area contributed by atoms with Crippen LogP contribution < -0.4 is 0 Å². The van der Waals surface area contributed by atoms with Crippen LogP contribution in [0.2, 0.25) is 0 Å². The van der Waals surface area contributed by atoms with E-state index in [4.69, 9.17) is 4.42 Å². The van der Waals surface area contributed by atoms with Crippen molar-refractivity contribution in [2.24, 2.45) is 0 Å². The molecule has 0 aliphatic rings. The fourth-order valence-electron chi connectivity index (χ4n) is 2.59. The van der Waals surface area contributed by atoms with Gasteiger partial charge in [0.15, 0.2) is 5.41 Å². The Balaban J connectivity index is 1.94. The number of aryl methyl sites for hydroxylation is 1. The number of aromatic nitrogens is 2. The SMILES string of the molecule is Cc1ccc(-c2nnc(-c3ccc(C(C)(C(F)(F)F)C(F)(F)F)cc3)o2)cc1. The molecule has 0 fully saturated rings. The number of alkyl halides is 6. The van der Waals surface area contributed by atoms with Crippen molar-refractivity contribution in [3.63, 3.8) is 0 Å². The third kappa shape index (κ3) is 3.36. The first-order chi connectivity index (χ1) is 12.9. The largest absolute Gasteiger partial charge is 0.416 e. The van der Waals surface area contributed by atoms with Crippen molar-refractivity contribution in [3.8, 4) is 22.9 Å². The molecule has 2 aromatic carbocycles. The molecule has 0 saturated heterocycles. The molecule has 0 bridgehead atoms. The second-order valence-corrected chi connectivity index (χ2v) is 6.48. The Labute approximate surface area is 156 Å². The van der Waals surface area contributed by atoms with Crippen LogP contribution >= 0.6 is 0 Å². The lowest BCUT2D eigenvalue weighted by Crippen LogP contribution is -2.51. The fraction of sp³-hybridized carbons (Fsp3) is 0.263. The molecular formula is C19H14F6N2O. The molecule has 0 amide bonds. The van der Waals surface area contributed by atoms with Gasteiger partial charge in [-0.15, -0.1) is 10.2 Å². The van der Waals surface area contributed by atoms with Crippen molar-refractivity contribution in [3.05, 3.63) is 59.7 Å². The molecule has 0 spiro atoms. The molecule has 0 N–H and O–H groups in total. The van der Waals surface area contributed by atoms with E-state index in [2.05, 4.69) is 10.2 Å². The van der Waals surface area contributed by atoms with Crippen molar-refractivity contribution in [2.45, 2.75) is 31.6 Å². The molecule has 0 saturated carbocycles. The number of benzene rings is 2. The van der Waals surface area contributed by atoms with E-state index in [1.54, 1.807) is 12.1 Å². The normalized spacial score (nSPS) is 13.0. The average molecular weight is 400 g/mol. The van der Waals surface area contributed by atoms with Crippen molar-refractivity contribution in [1.82, 2.24) is 10.2 Å². The summed E-state index contributed by atoms with van der Waals surface area (Å²) in [7, 11) is 0. The third-order valence-electron chi connectivity index (χ3n) is 4.57. The van der Waals surface area contributed by atoms with Crippen LogP contribution in [0.25, 0.3) is 22.9 Å². The minimum atomic E-state index is -5.50. The van der Waals surface area contributed by atoms with Crippen molar-refractivity contribution in [2.75, 3.05) is 0 Å². The summed E-state index contributed by atoms with van der Waals surface area (Å²) in [5.74, 6) is 0.178. The molecule has 3 aromatic rings. The van der Waals surface area contributed by atoms with E-state index >= 15 is 0 Å². The third-order valence-corrected chi connectivity index (χ3v) is 4.57. The number of hydrogen-bond donors (Lipinski definition) is 0. The van der Waals surface area contributed by atoms with Gasteiger partial charge < -0.3 is 4.42 Å². The van der Waals surface area contributed by atoms with Crippen molar-refractivity contribution < 1.29 is 30.8 Å². The Hall–Kier alpha value is -2.84. The molecule has 3 rings (SSSR count). The summed E-state index contributed by atoms with van der Waals surface area (Å²) in [6.45, 7) is 2.02. The molecule has 1 aromatic heterocycles. The van der Waals surface area contributed by atoms with E-state index in [9.17, 15) is 26.3 Å². The lowest BCUT2D eigenvalue weighted by Gasteiger charge is -2.34. The summed E-state index contributed by atoms with van der Waals surface area (Å²) in [5.41, 5.74) is -3.03. The van der Waals surface area contributed by atoms with Crippen LogP contribution in [-0.4, -0.2) is 22.5 Å². The highest BCUT2D eigenvalue weighted by Crippen LogP contribution is 2.51. The molecule has 9 heteroatoms. The fourth-order valence-corrected chi connectivity index (χ4v) is 2.59. The van der Waals surface area contributed by atoms with Gasteiger partial charge in [-0.05, 0) is 43.7 Å². The Kier molecular flexibility index (Phi) is 4.73. The molecule has 0 aliphatic carbocycles. The number of halogens is 6. The lowest BCUT2D eigenvalue weighted by molar-refractivity contribution is -0.297. The highest BCUT2D eigenvalue weighted by atomic mass is 19.4. The van der Waals surface area contributed by atoms with Gasteiger partial charge in [-0.3, -0.25) is 0 Å². The van der Waals surface area contributed by atoms with Gasteiger partial charge >= 0.3 is 12.4 Å². The first-order valence-corrected chi connectivity index (χ1v) is 8.08. The molecular weight excluding hydrogens is 386 g/mol. The van der Waals surface area contributed by atoms with E-state index in [0.717, 1.165) is 29.8 Å². The van der Waals surface area contributed by atoms with Gasteiger partial charge in [0, 0.05) is 11.1 Å². The quantitative estimate of drug-likeness (QED) is 0.499. The smallest absolute Gasteiger partial charge is 0.406 e. The van der Waals surface area contributed by atoms with Crippen molar-refractivity contribution in [1.29, 1.82) is 0 Å². The van der Waals surface area contributed by atoms with E-state index < -0.39 is 23.3 Å². The van der Waals surface area contributed by atoms with Gasteiger partial charge in [0.1, 0.15) is 0 Å². The second-order valence-electron chi connectivity index (χ2n) is 6.48. The van der Waals surface area contributed by atoms with Gasteiger partial charge in [-0.2, -0.15) is 26.3 Å². The molecule has 0 radical (unpaired) electrons. The number of hydrogen-bond acceptors (Lipinski definition) is 3. The molecule has 1 heterocycles. The zero-order valence-electron chi connectivity index (χ0n) is 14.7. The second kappa shape index (κ2) is 6.65. The summed E-state index contributed by atoms with van der Waals surface area (Å²) in [5, 5.41) is 7.68. The van der Waals surface area contributed by atoms with E-state index in [1.807, 2.05) is 19.1 Å². The topological polar surface area (TPSA) is 38.9 Å². The zero-order chi connectivity index (χ0) is 20.7. The van der Waals surface area contributed by atoms with Gasteiger partial charge in [0.25, 0.3) is 0 Å². The van der Waals surface area contributed by atoms with Crippen LogP contribution in [0.5, 0.6) is 0 Å². The maximum absolute atomic E-state index is 13.2. The zero-order valence-corrected chi connectivity index (χ0v) is 14.7. The van der Waals surface area contributed by atoms with Crippen LogP contribution in [0.1, 0.15) is 18.1 Å². The highest BCUT2D eigenvalue weighted by Gasteiger charge is 2.68. The van der Waals surface area contributed by atoms with Crippen LogP contribution in [0.4, 0.5) is 26.3 Å². The Morgan fingerprint density at radius 3 is 1.46 bits per heavy atom. The average Bonchev–Trinajstić information content (AvgIpc) is 3.10. The maximum Gasteiger partial charge on any atom is 0.406 e. The van der Waals surface area contributed by atoms with Gasteiger partial charge in [-0.1, -0.05) is 29.8 Å². The van der Waals surface area contributed by atoms with Crippen molar-refractivity contribution >= 4 is 0 Å². The minimum Gasteiger partial charge on any atom is -0.416 e. The molecule has 0 aliphatic heterocycles. The first-order valence-electron chi connectivity index (χ1n) is 8.08. The number of nitrogens with zero attached hydrogens (tertiary/aromatic N) is 2. The summed E-state index contributed by atoms with van der Waals surface area (Å²) in [6, 6.07) is 10.9. The molecule has 28 heavy (non-hydrogen) atoms. The standard InChI is InChI=1S/C19H14F6N2O/c1-11-3-5-12(6-4-11)15-26-27-16(28-15)13-7-9-14(10-8-13)17(2,18(20,21)22)19(23,24)25/h3-10H,1-2H3. The van der Waals surface area contributed by atoms with Crippen LogP contribution in [-0.2, 0) is 5.41 Å². The Morgan fingerprint density at radius 1 is 0.679 bits per heavy atom. The summed E-state index contributed by atoms with van der Waals surface area (Å²) in [4.78, 5) is 0. The molecule has 148 valence electrons.